The van der Waals surface area contributed by atoms with Crippen molar-refractivity contribution in [3.05, 3.63) is 182 Å². The van der Waals surface area contributed by atoms with Gasteiger partial charge in [0.05, 0.1) is 11.4 Å². The number of hydrogen-bond acceptors (Lipinski definition) is 3. The van der Waals surface area contributed by atoms with Gasteiger partial charge < -0.3 is 4.42 Å². The van der Waals surface area contributed by atoms with Crippen molar-refractivity contribution in [2.45, 2.75) is 0 Å². The lowest BCUT2D eigenvalue weighted by Crippen LogP contribution is -1.97. The number of rotatable bonds is 5. The van der Waals surface area contributed by atoms with Crippen LogP contribution >= 0.6 is 0 Å². The first-order chi connectivity index (χ1) is 25.3. The molecule has 0 aliphatic heterocycles. The van der Waals surface area contributed by atoms with Gasteiger partial charge in [-0.15, -0.1) is 0 Å². The van der Waals surface area contributed by atoms with Crippen LogP contribution in [0, 0.1) is 0 Å². The molecular weight excluding hydrogens is 621 g/mol. The van der Waals surface area contributed by atoms with Gasteiger partial charge in [0.2, 0.25) is 0 Å². The molecule has 238 valence electrons. The summed E-state index contributed by atoms with van der Waals surface area (Å²) in [5.74, 6) is 0.695. The molecule has 2 aromatic heterocycles. The largest absolute Gasteiger partial charge is 0.456 e. The molecule has 0 atom stereocenters. The van der Waals surface area contributed by atoms with Crippen LogP contribution in [0.3, 0.4) is 0 Å². The van der Waals surface area contributed by atoms with Gasteiger partial charge in [-0.1, -0.05) is 152 Å². The van der Waals surface area contributed by atoms with Gasteiger partial charge >= 0.3 is 0 Å². The van der Waals surface area contributed by atoms with E-state index in [2.05, 4.69) is 152 Å². The third-order valence-electron chi connectivity index (χ3n) is 9.90. The molecular formula is C48H30N2O. The minimum Gasteiger partial charge on any atom is -0.456 e. The quantitative estimate of drug-likeness (QED) is 0.186. The first-order valence-corrected chi connectivity index (χ1v) is 17.2. The molecule has 0 amide bonds. The lowest BCUT2D eigenvalue weighted by atomic mass is 9.91. The Morgan fingerprint density at radius 1 is 0.333 bits per heavy atom. The summed E-state index contributed by atoms with van der Waals surface area (Å²) in [5.41, 5.74) is 11.3. The van der Waals surface area contributed by atoms with Crippen LogP contribution in [-0.4, -0.2) is 9.97 Å². The summed E-state index contributed by atoms with van der Waals surface area (Å²) in [6.45, 7) is 0. The highest BCUT2D eigenvalue weighted by Crippen LogP contribution is 2.42. The molecule has 0 aliphatic carbocycles. The second kappa shape index (κ2) is 11.9. The lowest BCUT2D eigenvalue weighted by Gasteiger charge is -2.15. The standard InChI is InChI=1S/C48H30N2O/c1-3-14-31(15-4-1)34-28-33-18-7-8-19-35(33)42(29-34)44-30-43(49-48(50-44)32-16-5-2-6-17-32)39-27-26-38(36-20-9-10-21-37(36)39)40-23-13-25-46-47(40)41-22-11-12-24-45(41)51-46/h1-30H. The zero-order valence-electron chi connectivity index (χ0n) is 27.6. The molecule has 8 aromatic carbocycles. The van der Waals surface area contributed by atoms with Crippen LogP contribution < -0.4 is 0 Å². The SMILES string of the molecule is c1ccc(-c2cc(-c3cc(-c4ccc(-c5cccc6oc7ccccc7c56)c5ccccc45)nc(-c4ccccc4)n3)c3ccccc3c2)cc1. The van der Waals surface area contributed by atoms with Crippen LogP contribution in [0.4, 0.5) is 0 Å². The van der Waals surface area contributed by atoms with Crippen LogP contribution in [0.25, 0.3) is 99.6 Å². The van der Waals surface area contributed by atoms with E-state index >= 15 is 0 Å². The molecule has 3 nitrogen and oxygen atoms in total. The van der Waals surface area contributed by atoms with Crippen LogP contribution in [0.1, 0.15) is 0 Å². The molecule has 10 rings (SSSR count). The van der Waals surface area contributed by atoms with E-state index < -0.39 is 0 Å². The first kappa shape index (κ1) is 29.1. The van der Waals surface area contributed by atoms with Gasteiger partial charge in [-0.2, -0.15) is 0 Å². The number of nitrogens with zero attached hydrogens (tertiary/aromatic N) is 2. The van der Waals surface area contributed by atoms with Crippen molar-refractivity contribution in [1.29, 1.82) is 0 Å². The van der Waals surface area contributed by atoms with Crippen LogP contribution in [0.5, 0.6) is 0 Å². The first-order valence-electron chi connectivity index (χ1n) is 17.2. The number of furan rings is 1. The molecule has 0 aliphatic rings. The number of hydrogen-bond donors (Lipinski definition) is 0. The number of para-hydroxylation sites is 1. The van der Waals surface area contributed by atoms with Crippen molar-refractivity contribution >= 4 is 43.5 Å². The summed E-state index contributed by atoms with van der Waals surface area (Å²) >= 11 is 0. The number of aromatic nitrogens is 2. The summed E-state index contributed by atoms with van der Waals surface area (Å²) in [5, 5.41) is 6.87. The number of benzene rings is 8. The normalized spacial score (nSPS) is 11.5. The topological polar surface area (TPSA) is 38.9 Å². The van der Waals surface area contributed by atoms with E-state index in [0.29, 0.717) is 5.82 Å². The fraction of sp³-hybridized carbons (Fsp3) is 0. The Balaban J connectivity index is 1.22. The third-order valence-corrected chi connectivity index (χ3v) is 9.90. The number of fused-ring (bicyclic) bond motifs is 5. The van der Waals surface area contributed by atoms with Crippen molar-refractivity contribution < 1.29 is 4.42 Å². The van der Waals surface area contributed by atoms with Crippen molar-refractivity contribution in [2.24, 2.45) is 0 Å². The average molecular weight is 651 g/mol. The zero-order valence-corrected chi connectivity index (χ0v) is 27.6. The second-order valence-electron chi connectivity index (χ2n) is 12.9. The van der Waals surface area contributed by atoms with Gasteiger partial charge in [0.1, 0.15) is 11.2 Å². The molecule has 0 radical (unpaired) electrons. The molecule has 2 heterocycles. The van der Waals surface area contributed by atoms with E-state index in [1.54, 1.807) is 0 Å². The molecule has 0 fully saturated rings. The summed E-state index contributed by atoms with van der Waals surface area (Å²) in [6, 6.07) is 63.8. The summed E-state index contributed by atoms with van der Waals surface area (Å²) in [4.78, 5) is 10.5. The maximum absolute atomic E-state index is 6.28. The van der Waals surface area contributed by atoms with E-state index in [-0.39, 0.29) is 0 Å². The van der Waals surface area contributed by atoms with E-state index in [1.807, 2.05) is 30.3 Å². The molecule has 3 heteroatoms. The van der Waals surface area contributed by atoms with Gasteiger partial charge in [0.15, 0.2) is 5.82 Å². The molecule has 0 unspecified atom stereocenters. The van der Waals surface area contributed by atoms with Crippen molar-refractivity contribution in [3.8, 4) is 56.2 Å². The Kier molecular flexibility index (Phi) is 6.81. The van der Waals surface area contributed by atoms with Crippen molar-refractivity contribution in [3.63, 3.8) is 0 Å². The Morgan fingerprint density at radius 2 is 0.922 bits per heavy atom. The Labute approximate surface area is 295 Å². The predicted octanol–water partition coefficient (Wildman–Crippen LogP) is 13.0. The van der Waals surface area contributed by atoms with Crippen molar-refractivity contribution in [2.75, 3.05) is 0 Å². The van der Waals surface area contributed by atoms with Crippen LogP contribution in [-0.2, 0) is 0 Å². The predicted molar refractivity (Wildman–Crippen MR) is 212 cm³/mol. The van der Waals surface area contributed by atoms with Crippen LogP contribution in [0.15, 0.2) is 186 Å². The Hall–Kier alpha value is -6.84. The monoisotopic (exact) mass is 650 g/mol. The third kappa shape index (κ3) is 4.98. The van der Waals surface area contributed by atoms with Gasteiger partial charge in [0.25, 0.3) is 0 Å². The highest BCUT2D eigenvalue weighted by molar-refractivity contribution is 6.16. The highest BCUT2D eigenvalue weighted by atomic mass is 16.3. The van der Waals surface area contributed by atoms with Crippen molar-refractivity contribution in [1.82, 2.24) is 9.97 Å². The fourth-order valence-corrected chi connectivity index (χ4v) is 7.52. The molecule has 0 saturated heterocycles. The smallest absolute Gasteiger partial charge is 0.160 e. The molecule has 0 saturated carbocycles. The van der Waals surface area contributed by atoms with Gasteiger partial charge in [-0.05, 0) is 74.1 Å². The van der Waals surface area contributed by atoms with Gasteiger partial charge in [0, 0.05) is 27.5 Å². The lowest BCUT2D eigenvalue weighted by molar-refractivity contribution is 0.669. The average Bonchev–Trinajstić information content (AvgIpc) is 3.60. The summed E-state index contributed by atoms with van der Waals surface area (Å²) in [6.07, 6.45) is 0. The highest BCUT2D eigenvalue weighted by Gasteiger charge is 2.19. The van der Waals surface area contributed by atoms with E-state index in [1.165, 1.54) is 10.9 Å². The minimum atomic E-state index is 0.695. The Morgan fingerprint density at radius 3 is 1.71 bits per heavy atom. The van der Waals surface area contributed by atoms with E-state index in [9.17, 15) is 0 Å². The zero-order chi connectivity index (χ0) is 33.7. The van der Waals surface area contributed by atoms with E-state index in [4.69, 9.17) is 14.4 Å². The summed E-state index contributed by atoms with van der Waals surface area (Å²) < 4.78 is 6.28. The van der Waals surface area contributed by atoms with Gasteiger partial charge in [-0.25, -0.2) is 9.97 Å². The maximum atomic E-state index is 6.28. The molecule has 0 bridgehead atoms. The van der Waals surface area contributed by atoms with Gasteiger partial charge in [-0.3, -0.25) is 0 Å². The Bertz CT molecular complexity index is 2910. The molecule has 10 aromatic rings. The maximum Gasteiger partial charge on any atom is 0.160 e. The molecule has 51 heavy (non-hydrogen) atoms. The van der Waals surface area contributed by atoms with E-state index in [0.717, 1.165) is 82.9 Å². The minimum absolute atomic E-state index is 0.695. The molecule has 0 spiro atoms. The fourth-order valence-electron chi connectivity index (χ4n) is 7.52. The summed E-state index contributed by atoms with van der Waals surface area (Å²) in [7, 11) is 0. The van der Waals surface area contributed by atoms with Crippen LogP contribution in [0.2, 0.25) is 0 Å². The second-order valence-corrected chi connectivity index (χ2v) is 12.9. The molecule has 0 N–H and O–H groups in total.